The van der Waals surface area contributed by atoms with Crippen LogP contribution in [0, 0.1) is 6.92 Å². The molecule has 124 valence electrons. The molecule has 1 atom stereocenters. The van der Waals surface area contributed by atoms with E-state index in [0.29, 0.717) is 18.1 Å². The van der Waals surface area contributed by atoms with E-state index in [1.165, 1.54) is 0 Å². The molecule has 7 heteroatoms. The van der Waals surface area contributed by atoms with Gasteiger partial charge in [0.05, 0.1) is 16.9 Å². The van der Waals surface area contributed by atoms with Crippen molar-refractivity contribution in [1.29, 1.82) is 0 Å². The molecule has 3 aromatic rings. The molecule has 3 heterocycles. The van der Waals surface area contributed by atoms with E-state index in [1.807, 2.05) is 43.3 Å². The Hall–Kier alpha value is -2.41. The Kier molecular flexibility index (Phi) is 3.53. The van der Waals surface area contributed by atoms with Crippen LogP contribution in [0.3, 0.4) is 0 Å². The highest BCUT2D eigenvalue weighted by Crippen LogP contribution is 2.27. The second-order valence-electron chi connectivity index (χ2n) is 6.22. The molecule has 2 N–H and O–H groups in total. The maximum absolute atomic E-state index is 11.7. The van der Waals surface area contributed by atoms with Crippen LogP contribution in [0.4, 0.5) is 5.82 Å². The summed E-state index contributed by atoms with van der Waals surface area (Å²) in [6.07, 6.45) is 0.609. The van der Waals surface area contributed by atoms with Crippen LogP contribution in [0.25, 0.3) is 22.4 Å². The summed E-state index contributed by atoms with van der Waals surface area (Å²) >= 11 is 0. The first-order valence-electron chi connectivity index (χ1n) is 7.90. The summed E-state index contributed by atoms with van der Waals surface area (Å²) in [7, 11) is -2.94. The van der Waals surface area contributed by atoms with E-state index >= 15 is 0 Å². The summed E-state index contributed by atoms with van der Waals surface area (Å²) in [6.45, 7) is 1.97. The number of aromatic nitrogens is 3. The Labute approximate surface area is 140 Å². The zero-order valence-electron chi connectivity index (χ0n) is 13.3. The smallest absolute Gasteiger partial charge is 0.163 e. The van der Waals surface area contributed by atoms with Gasteiger partial charge in [-0.3, -0.25) is 0 Å². The van der Waals surface area contributed by atoms with Gasteiger partial charge in [-0.05, 0) is 19.4 Å². The van der Waals surface area contributed by atoms with E-state index in [0.717, 1.165) is 22.3 Å². The average Bonchev–Trinajstić information content (AvgIpc) is 3.09. The van der Waals surface area contributed by atoms with Crippen LogP contribution in [0.15, 0.2) is 36.4 Å². The largest absolute Gasteiger partial charge is 0.366 e. The van der Waals surface area contributed by atoms with Gasteiger partial charge >= 0.3 is 0 Å². The average molecular weight is 342 g/mol. The van der Waals surface area contributed by atoms with E-state index in [-0.39, 0.29) is 17.5 Å². The van der Waals surface area contributed by atoms with Crippen LogP contribution in [0.5, 0.6) is 0 Å². The fraction of sp³-hybridized carbons (Fsp3) is 0.294. The summed E-state index contributed by atoms with van der Waals surface area (Å²) in [5, 5.41) is 4.20. The lowest BCUT2D eigenvalue weighted by atomic mass is 10.2. The first-order valence-corrected chi connectivity index (χ1v) is 9.72. The number of hydrogen-bond acceptors (Lipinski definition) is 5. The van der Waals surface area contributed by atoms with Gasteiger partial charge in [0.15, 0.2) is 15.7 Å². The predicted molar refractivity (Wildman–Crippen MR) is 94.7 cm³/mol. The monoisotopic (exact) mass is 342 g/mol. The molecule has 0 aliphatic carbocycles. The van der Waals surface area contributed by atoms with Crippen molar-refractivity contribution >= 4 is 26.7 Å². The highest BCUT2D eigenvalue weighted by molar-refractivity contribution is 7.91. The lowest BCUT2D eigenvalue weighted by Gasteiger charge is -2.13. The standard InChI is InChI=1S/C17H18N4O2S/c1-11-9-14-16(18-11)20-15(12-5-3-2-4-6-12)21-17(14)19-13-7-8-24(22,23)10-13/h2-6,9,13H,7-8,10H2,1H3,(H2,18,19,20,21). The number of anilines is 1. The zero-order chi connectivity index (χ0) is 16.7. The summed E-state index contributed by atoms with van der Waals surface area (Å²) < 4.78 is 23.4. The van der Waals surface area contributed by atoms with E-state index < -0.39 is 9.84 Å². The van der Waals surface area contributed by atoms with Gasteiger partial charge in [0.25, 0.3) is 0 Å². The quantitative estimate of drug-likeness (QED) is 0.764. The van der Waals surface area contributed by atoms with Crippen LogP contribution in [-0.2, 0) is 9.84 Å². The van der Waals surface area contributed by atoms with Crippen molar-refractivity contribution in [2.45, 2.75) is 19.4 Å². The number of H-pyrrole nitrogens is 1. The Bertz CT molecular complexity index is 996. The Morgan fingerprint density at radius 2 is 2.00 bits per heavy atom. The molecule has 1 aliphatic heterocycles. The number of rotatable bonds is 3. The fourth-order valence-electron chi connectivity index (χ4n) is 3.07. The summed E-state index contributed by atoms with van der Waals surface area (Å²) in [5.74, 6) is 1.69. The van der Waals surface area contributed by atoms with Crippen LogP contribution < -0.4 is 5.32 Å². The molecule has 0 radical (unpaired) electrons. The van der Waals surface area contributed by atoms with Crippen molar-refractivity contribution in [3.05, 3.63) is 42.1 Å². The van der Waals surface area contributed by atoms with Gasteiger partial charge in [-0.15, -0.1) is 0 Å². The van der Waals surface area contributed by atoms with E-state index in [2.05, 4.69) is 20.3 Å². The molecule has 0 bridgehead atoms. The number of aromatic amines is 1. The molecule has 6 nitrogen and oxygen atoms in total. The minimum absolute atomic E-state index is 0.105. The van der Waals surface area contributed by atoms with Crippen molar-refractivity contribution in [3.63, 3.8) is 0 Å². The van der Waals surface area contributed by atoms with Gasteiger partial charge in [-0.1, -0.05) is 30.3 Å². The number of fused-ring (bicyclic) bond motifs is 1. The summed E-state index contributed by atoms with van der Waals surface area (Å²) in [6, 6.07) is 11.6. The second-order valence-corrected chi connectivity index (χ2v) is 8.45. The van der Waals surface area contributed by atoms with Crippen molar-refractivity contribution < 1.29 is 8.42 Å². The van der Waals surface area contributed by atoms with Crippen LogP contribution in [0.2, 0.25) is 0 Å². The van der Waals surface area contributed by atoms with Gasteiger partial charge in [0.1, 0.15) is 11.5 Å². The van der Waals surface area contributed by atoms with E-state index in [4.69, 9.17) is 0 Å². The number of aryl methyl sites for hydroxylation is 1. The third-order valence-corrected chi connectivity index (χ3v) is 6.00. The molecule has 4 rings (SSSR count). The van der Waals surface area contributed by atoms with Crippen molar-refractivity contribution in [1.82, 2.24) is 15.0 Å². The lowest BCUT2D eigenvalue weighted by molar-refractivity contribution is 0.602. The normalized spacial score (nSPS) is 19.6. The van der Waals surface area contributed by atoms with Gasteiger partial charge in [0, 0.05) is 17.3 Å². The molecule has 0 amide bonds. The van der Waals surface area contributed by atoms with E-state index in [9.17, 15) is 8.42 Å². The molecule has 1 aromatic carbocycles. The summed E-state index contributed by atoms with van der Waals surface area (Å²) in [5.41, 5.74) is 2.67. The number of nitrogens with zero attached hydrogens (tertiary/aromatic N) is 2. The summed E-state index contributed by atoms with van der Waals surface area (Å²) in [4.78, 5) is 12.5. The Morgan fingerprint density at radius 3 is 2.71 bits per heavy atom. The third kappa shape index (κ3) is 2.87. The topological polar surface area (TPSA) is 87.7 Å². The van der Waals surface area contributed by atoms with E-state index in [1.54, 1.807) is 0 Å². The molecule has 1 unspecified atom stereocenters. The molecule has 1 aliphatic rings. The minimum Gasteiger partial charge on any atom is -0.366 e. The first kappa shape index (κ1) is 15.1. The lowest BCUT2D eigenvalue weighted by Crippen LogP contribution is -2.21. The van der Waals surface area contributed by atoms with Crippen molar-refractivity contribution in [3.8, 4) is 11.4 Å². The van der Waals surface area contributed by atoms with Gasteiger partial charge in [0.2, 0.25) is 0 Å². The first-order chi connectivity index (χ1) is 11.5. The SMILES string of the molecule is Cc1cc2c(NC3CCS(=O)(=O)C3)nc(-c3ccccc3)nc2[nH]1. The second kappa shape index (κ2) is 5.59. The van der Waals surface area contributed by atoms with Crippen molar-refractivity contribution in [2.75, 3.05) is 16.8 Å². The fourth-order valence-corrected chi connectivity index (χ4v) is 4.74. The molecular formula is C17H18N4O2S. The molecule has 0 spiro atoms. The van der Waals surface area contributed by atoms with Crippen molar-refractivity contribution in [2.24, 2.45) is 0 Å². The number of hydrogen-bond donors (Lipinski definition) is 2. The molecule has 1 fully saturated rings. The highest BCUT2D eigenvalue weighted by Gasteiger charge is 2.28. The Balaban J connectivity index is 1.78. The highest BCUT2D eigenvalue weighted by atomic mass is 32.2. The van der Waals surface area contributed by atoms with Gasteiger partial charge in [-0.25, -0.2) is 18.4 Å². The van der Waals surface area contributed by atoms with Gasteiger partial charge < -0.3 is 10.3 Å². The molecule has 0 saturated carbocycles. The van der Waals surface area contributed by atoms with Crippen LogP contribution in [0.1, 0.15) is 12.1 Å². The third-order valence-electron chi connectivity index (χ3n) is 4.23. The van der Waals surface area contributed by atoms with Crippen LogP contribution >= 0.6 is 0 Å². The maximum Gasteiger partial charge on any atom is 0.163 e. The maximum atomic E-state index is 11.7. The minimum atomic E-state index is -2.94. The van der Waals surface area contributed by atoms with Gasteiger partial charge in [-0.2, -0.15) is 0 Å². The molecule has 24 heavy (non-hydrogen) atoms. The number of sulfone groups is 1. The molecule has 1 saturated heterocycles. The van der Waals surface area contributed by atoms with Crippen LogP contribution in [-0.4, -0.2) is 40.9 Å². The zero-order valence-corrected chi connectivity index (χ0v) is 14.1. The molecule has 2 aromatic heterocycles. The number of nitrogens with one attached hydrogen (secondary N) is 2. The Morgan fingerprint density at radius 1 is 1.21 bits per heavy atom. The predicted octanol–water partition coefficient (Wildman–Crippen LogP) is 2.53. The number of benzene rings is 1. The molecular weight excluding hydrogens is 324 g/mol.